The second-order valence-electron chi connectivity index (χ2n) is 5.30. The van der Waals surface area contributed by atoms with Gasteiger partial charge >= 0.3 is 0 Å². The second kappa shape index (κ2) is 4.94. The van der Waals surface area contributed by atoms with Crippen LogP contribution in [0.4, 0.5) is 0 Å². The highest BCUT2D eigenvalue weighted by molar-refractivity contribution is 5.90. The van der Waals surface area contributed by atoms with Crippen molar-refractivity contribution in [3.05, 3.63) is 30.2 Å². The molecule has 0 radical (unpaired) electrons. The van der Waals surface area contributed by atoms with Gasteiger partial charge in [-0.25, -0.2) is 0 Å². The average Bonchev–Trinajstić information content (AvgIpc) is 3.16. The summed E-state index contributed by atoms with van der Waals surface area (Å²) in [6.07, 6.45) is 1.79. The molecule has 2 aromatic heterocycles. The Morgan fingerprint density at radius 3 is 3.24 bits per heavy atom. The van der Waals surface area contributed by atoms with Gasteiger partial charge in [0.1, 0.15) is 0 Å². The lowest BCUT2D eigenvalue weighted by molar-refractivity contribution is 0.190. The van der Waals surface area contributed by atoms with Crippen molar-refractivity contribution in [1.82, 2.24) is 30.6 Å². The minimum Gasteiger partial charge on any atom is -0.334 e. The van der Waals surface area contributed by atoms with Crippen LogP contribution in [-0.4, -0.2) is 51.9 Å². The number of nitrogens with zero attached hydrogens (tertiary/aromatic N) is 4. The van der Waals surface area contributed by atoms with Crippen molar-refractivity contribution in [3.63, 3.8) is 0 Å². The van der Waals surface area contributed by atoms with Gasteiger partial charge in [0.05, 0.1) is 23.3 Å². The van der Waals surface area contributed by atoms with E-state index in [9.17, 15) is 0 Å². The molecule has 1 aliphatic heterocycles. The number of piperazine rings is 1. The number of aromatic amines is 1. The van der Waals surface area contributed by atoms with Crippen LogP contribution in [-0.2, 0) is 0 Å². The standard InChI is InChI=1S/C14H16N6O/c1-20-6-5-15-8-11(20)13-17-14(21-19-13)10-4-2-3-9-7-16-18-12(9)10/h2-4,7,11,15H,5-6,8H2,1H3,(H,16,18). The van der Waals surface area contributed by atoms with Gasteiger partial charge < -0.3 is 9.84 Å². The predicted molar refractivity (Wildman–Crippen MR) is 77.6 cm³/mol. The summed E-state index contributed by atoms with van der Waals surface area (Å²) < 4.78 is 5.47. The smallest absolute Gasteiger partial charge is 0.260 e. The van der Waals surface area contributed by atoms with Crippen molar-refractivity contribution in [1.29, 1.82) is 0 Å². The fourth-order valence-corrected chi connectivity index (χ4v) is 2.72. The van der Waals surface area contributed by atoms with Crippen LogP contribution in [0.5, 0.6) is 0 Å². The number of hydrogen-bond acceptors (Lipinski definition) is 6. The lowest BCUT2D eigenvalue weighted by Gasteiger charge is -2.30. The molecule has 0 aliphatic carbocycles. The monoisotopic (exact) mass is 284 g/mol. The van der Waals surface area contributed by atoms with E-state index in [0.717, 1.165) is 41.9 Å². The van der Waals surface area contributed by atoms with Crippen molar-refractivity contribution in [2.24, 2.45) is 0 Å². The largest absolute Gasteiger partial charge is 0.334 e. The minimum absolute atomic E-state index is 0.150. The van der Waals surface area contributed by atoms with E-state index in [0.29, 0.717) is 5.89 Å². The normalized spacial score (nSPS) is 20.1. The van der Waals surface area contributed by atoms with Gasteiger partial charge in [0.25, 0.3) is 5.89 Å². The van der Waals surface area contributed by atoms with Gasteiger partial charge in [0.2, 0.25) is 0 Å². The number of likely N-dealkylation sites (N-methyl/N-ethyl adjacent to an activating group) is 1. The van der Waals surface area contributed by atoms with Gasteiger partial charge in [-0.15, -0.1) is 0 Å². The summed E-state index contributed by atoms with van der Waals surface area (Å²) in [5.74, 6) is 1.25. The molecule has 1 aromatic carbocycles. The van der Waals surface area contributed by atoms with Crippen molar-refractivity contribution in [3.8, 4) is 11.5 Å². The van der Waals surface area contributed by atoms with Gasteiger partial charge in [-0.05, 0) is 13.1 Å². The first kappa shape index (κ1) is 12.5. The number of aromatic nitrogens is 4. The molecule has 3 heterocycles. The molecule has 21 heavy (non-hydrogen) atoms. The van der Waals surface area contributed by atoms with E-state index in [4.69, 9.17) is 4.52 Å². The maximum atomic E-state index is 5.47. The van der Waals surface area contributed by atoms with Crippen molar-refractivity contribution in [2.45, 2.75) is 6.04 Å². The molecule has 1 fully saturated rings. The van der Waals surface area contributed by atoms with E-state index in [2.05, 4.69) is 37.6 Å². The Bertz CT molecular complexity index is 764. The number of fused-ring (bicyclic) bond motifs is 1. The number of H-pyrrole nitrogens is 1. The highest BCUT2D eigenvalue weighted by Crippen LogP contribution is 2.27. The molecule has 1 atom stereocenters. The first-order valence-corrected chi connectivity index (χ1v) is 7.00. The van der Waals surface area contributed by atoms with Crippen LogP contribution in [0.2, 0.25) is 0 Å². The zero-order valence-corrected chi connectivity index (χ0v) is 11.7. The minimum atomic E-state index is 0.150. The number of para-hydroxylation sites is 1. The van der Waals surface area contributed by atoms with Gasteiger partial charge in [-0.3, -0.25) is 10.00 Å². The molecule has 0 saturated carbocycles. The maximum Gasteiger partial charge on any atom is 0.260 e. The molecule has 4 rings (SSSR count). The van der Waals surface area contributed by atoms with Crippen LogP contribution < -0.4 is 5.32 Å². The summed E-state index contributed by atoms with van der Waals surface area (Å²) >= 11 is 0. The van der Waals surface area contributed by atoms with E-state index in [1.165, 1.54) is 0 Å². The predicted octanol–water partition coefficient (Wildman–Crippen LogP) is 1.19. The molecular weight excluding hydrogens is 268 g/mol. The summed E-state index contributed by atoms with van der Waals surface area (Å²) in [6.45, 7) is 2.81. The van der Waals surface area contributed by atoms with Crippen molar-refractivity contribution >= 4 is 10.9 Å². The first-order valence-electron chi connectivity index (χ1n) is 7.00. The molecule has 1 saturated heterocycles. The topological polar surface area (TPSA) is 82.9 Å². The van der Waals surface area contributed by atoms with Gasteiger partial charge in [0, 0.05) is 25.0 Å². The third kappa shape index (κ3) is 2.10. The number of nitrogens with one attached hydrogen (secondary N) is 2. The van der Waals surface area contributed by atoms with E-state index in [-0.39, 0.29) is 6.04 Å². The van der Waals surface area contributed by atoms with Crippen LogP contribution in [0, 0.1) is 0 Å². The lowest BCUT2D eigenvalue weighted by atomic mass is 10.1. The summed E-state index contributed by atoms with van der Waals surface area (Å²) in [5, 5.41) is 15.6. The third-order valence-electron chi connectivity index (χ3n) is 3.96. The zero-order valence-electron chi connectivity index (χ0n) is 11.7. The van der Waals surface area contributed by atoms with Crippen LogP contribution in [0.1, 0.15) is 11.9 Å². The van der Waals surface area contributed by atoms with Crippen LogP contribution >= 0.6 is 0 Å². The molecule has 0 amide bonds. The number of rotatable bonds is 2. The Hall–Kier alpha value is -2.25. The van der Waals surface area contributed by atoms with Crippen molar-refractivity contribution < 1.29 is 4.52 Å². The summed E-state index contributed by atoms with van der Waals surface area (Å²) in [6, 6.07) is 6.07. The Kier molecular flexibility index (Phi) is 2.94. The van der Waals surface area contributed by atoms with E-state index in [1.54, 1.807) is 6.20 Å². The lowest BCUT2D eigenvalue weighted by Crippen LogP contribution is -2.44. The Morgan fingerprint density at radius 1 is 1.38 bits per heavy atom. The molecule has 7 nitrogen and oxygen atoms in total. The molecule has 2 N–H and O–H groups in total. The molecule has 7 heteroatoms. The van der Waals surface area contributed by atoms with Crippen LogP contribution in [0.15, 0.2) is 28.9 Å². The summed E-state index contributed by atoms with van der Waals surface area (Å²) in [7, 11) is 2.08. The first-order chi connectivity index (χ1) is 10.3. The number of benzene rings is 1. The molecule has 1 aliphatic rings. The maximum absolute atomic E-state index is 5.47. The highest BCUT2D eigenvalue weighted by atomic mass is 16.5. The Balaban J connectivity index is 1.72. The SMILES string of the molecule is CN1CCNCC1c1noc(-c2cccc3cn[nH]c23)n1. The highest BCUT2D eigenvalue weighted by Gasteiger charge is 2.25. The molecular formula is C14H16N6O. The Morgan fingerprint density at radius 2 is 2.33 bits per heavy atom. The van der Waals surface area contributed by atoms with E-state index < -0.39 is 0 Å². The van der Waals surface area contributed by atoms with Gasteiger partial charge in [0.15, 0.2) is 5.82 Å². The average molecular weight is 284 g/mol. The Labute approximate surface area is 121 Å². The fraction of sp³-hybridized carbons (Fsp3) is 0.357. The quantitative estimate of drug-likeness (QED) is 0.735. The molecule has 0 spiro atoms. The number of hydrogen-bond donors (Lipinski definition) is 2. The van der Waals surface area contributed by atoms with E-state index >= 15 is 0 Å². The summed E-state index contributed by atoms with van der Waals surface area (Å²) in [4.78, 5) is 6.82. The third-order valence-corrected chi connectivity index (χ3v) is 3.96. The van der Waals surface area contributed by atoms with Crippen molar-refractivity contribution in [2.75, 3.05) is 26.7 Å². The molecule has 0 bridgehead atoms. The summed E-state index contributed by atoms with van der Waals surface area (Å²) in [5.41, 5.74) is 1.80. The van der Waals surface area contributed by atoms with Gasteiger partial charge in [-0.2, -0.15) is 10.1 Å². The van der Waals surface area contributed by atoms with Gasteiger partial charge in [-0.1, -0.05) is 17.3 Å². The zero-order chi connectivity index (χ0) is 14.2. The van der Waals surface area contributed by atoms with E-state index in [1.807, 2.05) is 18.2 Å². The fourth-order valence-electron chi connectivity index (χ4n) is 2.72. The molecule has 1 unspecified atom stereocenters. The molecule has 3 aromatic rings. The van der Waals surface area contributed by atoms with Crippen LogP contribution in [0.25, 0.3) is 22.4 Å². The van der Waals surface area contributed by atoms with Crippen LogP contribution in [0.3, 0.4) is 0 Å². The molecule has 108 valence electrons. The second-order valence-corrected chi connectivity index (χ2v) is 5.30.